The van der Waals surface area contributed by atoms with Crippen LogP contribution in [0.25, 0.3) is 0 Å². The van der Waals surface area contributed by atoms with Crippen LogP contribution in [0, 0.1) is 30.9 Å². The third-order valence-electron chi connectivity index (χ3n) is 4.87. The van der Waals surface area contributed by atoms with E-state index >= 15 is 0 Å². The Morgan fingerprint density at radius 2 is 1.69 bits per heavy atom. The van der Waals surface area contributed by atoms with Gasteiger partial charge in [0.05, 0.1) is 12.0 Å². The number of hydrogen-bond acceptors (Lipinski definition) is 4. The average Bonchev–Trinajstić information content (AvgIpc) is 2.64. The molecule has 0 bridgehead atoms. The number of carbonyl (C=O) groups excluding carboxylic acids is 2. The van der Waals surface area contributed by atoms with Crippen molar-refractivity contribution in [2.45, 2.75) is 33.7 Å². The number of quaternary nitrogens is 1. The molecule has 2 amide bonds. The first-order valence-corrected chi connectivity index (χ1v) is 9.34. The number of nitrogens with one attached hydrogen (secondary N) is 3. The molecule has 0 aliphatic carbocycles. The molecule has 0 saturated heterocycles. The van der Waals surface area contributed by atoms with Gasteiger partial charge < -0.3 is 15.5 Å². The van der Waals surface area contributed by atoms with E-state index in [0.29, 0.717) is 4.90 Å². The van der Waals surface area contributed by atoms with Gasteiger partial charge in [-0.05, 0) is 44.9 Å². The molecular formula is C21H27N4O4+. The Hall–Kier alpha value is -3.26. The Labute approximate surface area is 170 Å². The molecule has 1 unspecified atom stereocenters. The summed E-state index contributed by atoms with van der Waals surface area (Å²) in [6, 6.07) is 9.38. The first-order chi connectivity index (χ1) is 13.6. The van der Waals surface area contributed by atoms with E-state index in [9.17, 15) is 19.7 Å². The highest BCUT2D eigenvalue weighted by atomic mass is 16.6. The molecule has 8 nitrogen and oxygen atoms in total. The Morgan fingerprint density at radius 1 is 1.10 bits per heavy atom. The van der Waals surface area contributed by atoms with Gasteiger partial charge in [-0.2, -0.15) is 0 Å². The Balaban J connectivity index is 2.01. The number of rotatable bonds is 7. The Morgan fingerprint density at radius 3 is 2.28 bits per heavy atom. The van der Waals surface area contributed by atoms with Crippen molar-refractivity contribution >= 4 is 28.9 Å². The van der Waals surface area contributed by atoms with Crippen LogP contribution in [0.3, 0.4) is 0 Å². The summed E-state index contributed by atoms with van der Waals surface area (Å²) in [7, 11) is 1.73. The number of likely N-dealkylation sites (N-methyl/N-ethyl adjacent to an activating group) is 1. The second kappa shape index (κ2) is 9.29. The van der Waals surface area contributed by atoms with Crippen molar-refractivity contribution in [1.82, 2.24) is 0 Å². The van der Waals surface area contributed by atoms with Crippen LogP contribution in [-0.2, 0) is 9.59 Å². The molecule has 0 fully saturated rings. The summed E-state index contributed by atoms with van der Waals surface area (Å²) in [4.78, 5) is 36.2. The van der Waals surface area contributed by atoms with Gasteiger partial charge in [0.15, 0.2) is 12.6 Å². The zero-order chi connectivity index (χ0) is 21.7. The number of hydrogen-bond donors (Lipinski definition) is 3. The molecule has 0 saturated carbocycles. The number of nitro groups is 1. The Kier molecular flexibility index (Phi) is 7.06. The highest BCUT2D eigenvalue weighted by Gasteiger charge is 2.26. The van der Waals surface area contributed by atoms with Gasteiger partial charge >= 0.3 is 0 Å². The maximum Gasteiger partial charge on any atom is 0.292 e. The molecule has 2 aromatic rings. The summed E-state index contributed by atoms with van der Waals surface area (Å²) in [6.45, 7) is 7.64. The van der Waals surface area contributed by atoms with Crippen LogP contribution in [0.4, 0.5) is 17.1 Å². The zero-order valence-corrected chi connectivity index (χ0v) is 17.3. The smallest absolute Gasteiger partial charge is 0.292 e. The first-order valence-electron chi connectivity index (χ1n) is 9.34. The van der Waals surface area contributed by atoms with Gasteiger partial charge in [0, 0.05) is 11.8 Å². The predicted octanol–water partition coefficient (Wildman–Crippen LogP) is 2.00. The third-order valence-corrected chi connectivity index (χ3v) is 4.87. The monoisotopic (exact) mass is 399 g/mol. The number of benzene rings is 2. The van der Waals surface area contributed by atoms with Gasteiger partial charge in [-0.3, -0.25) is 19.7 Å². The van der Waals surface area contributed by atoms with E-state index in [1.165, 1.54) is 18.2 Å². The lowest BCUT2D eigenvalue weighted by Gasteiger charge is -2.21. The number of aryl methyl sites for hydroxylation is 3. The number of amides is 2. The molecule has 29 heavy (non-hydrogen) atoms. The van der Waals surface area contributed by atoms with Crippen LogP contribution < -0.4 is 15.5 Å². The van der Waals surface area contributed by atoms with Crippen molar-refractivity contribution in [3.63, 3.8) is 0 Å². The lowest BCUT2D eigenvalue weighted by Crippen LogP contribution is -3.14. The van der Waals surface area contributed by atoms with E-state index in [1.54, 1.807) is 20.0 Å². The quantitative estimate of drug-likeness (QED) is 0.489. The molecule has 2 aromatic carbocycles. The van der Waals surface area contributed by atoms with Gasteiger partial charge in [0.1, 0.15) is 5.69 Å². The van der Waals surface area contributed by atoms with E-state index in [4.69, 9.17) is 0 Å². The normalized spacial score (nSPS) is 12.7. The van der Waals surface area contributed by atoms with Gasteiger partial charge in [0.2, 0.25) is 0 Å². The topological polar surface area (TPSA) is 106 Å². The van der Waals surface area contributed by atoms with Crippen LogP contribution in [0.1, 0.15) is 23.6 Å². The van der Waals surface area contributed by atoms with Gasteiger partial charge in [0.25, 0.3) is 17.5 Å². The minimum absolute atomic E-state index is 0.0816. The highest BCUT2D eigenvalue weighted by Crippen LogP contribution is 2.23. The first kappa shape index (κ1) is 22.0. The summed E-state index contributed by atoms with van der Waals surface area (Å²) in [6.07, 6.45) is 0. The van der Waals surface area contributed by atoms with Crippen LogP contribution >= 0.6 is 0 Å². The lowest BCUT2D eigenvalue weighted by atomic mass is 10.1. The summed E-state index contributed by atoms with van der Waals surface area (Å²) in [5.41, 5.74) is 3.84. The maximum atomic E-state index is 12.5. The van der Waals surface area contributed by atoms with Crippen LogP contribution in [-0.4, -0.2) is 36.4 Å². The molecular weight excluding hydrogens is 372 g/mol. The molecule has 0 spiro atoms. The fraction of sp³-hybridized carbons (Fsp3) is 0.333. The molecule has 0 aliphatic rings. The summed E-state index contributed by atoms with van der Waals surface area (Å²) in [5.74, 6) is -0.602. The van der Waals surface area contributed by atoms with Crippen molar-refractivity contribution < 1.29 is 19.4 Å². The van der Waals surface area contributed by atoms with Gasteiger partial charge in [-0.1, -0.05) is 29.8 Å². The fourth-order valence-corrected chi connectivity index (χ4v) is 3.17. The molecule has 0 aliphatic heterocycles. The molecule has 0 aromatic heterocycles. The van der Waals surface area contributed by atoms with Crippen LogP contribution in [0.5, 0.6) is 0 Å². The van der Waals surface area contributed by atoms with Crippen molar-refractivity contribution in [2.24, 2.45) is 0 Å². The number of carbonyl (C=O) groups is 2. The summed E-state index contributed by atoms with van der Waals surface area (Å²) >= 11 is 0. The van der Waals surface area contributed by atoms with Crippen LogP contribution in [0.2, 0.25) is 0 Å². The number of nitro benzene ring substituents is 1. The zero-order valence-electron chi connectivity index (χ0n) is 17.3. The molecule has 0 heterocycles. The van der Waals surface area contributed by atoms with Crippen molar-refractivity contribution in [3.05, 3.63) is 63.2 Å². The lowest BCUT2D eigenvalue weighted by molar-refractivity contribution is -0.885. The second-order valence-corrected chi connectivity index (χ2v) is 7.33. The maximum absolute atomic E-state index is 12.5. The van der Waals surface area contributed by atoms with E-state index in [1.807, 2.05) is 32.9 Å². The van der Waals surface area contributed by atoms with Crippen molar-refractivity contribution in [2.75, 3.05) is 24.2 Å². The minimum atomic E-state index is -0.583. The standard InChI is InChI=1S/C21H26N4O4/c1-13-10-14(2)20(15(3)11-13)23-19(26)12-24(5)16(4)21(27)22-17-8-6-7-9-18(17)25(28)29/h6-11,16H,12H2,1-5H3,(H,22,27)(H,23,26)/p+1/t16-/m0/s1. The van der Waals surface area contributed by atoms with Crippen LogP contribution in [0.15, 0.2) is 36.4 Å². The second-order valence-electron chi connectivity index (χ2n) is 7.33. The number of nitrogens with zero attached hydrogens (tertiary/aromatic N) is 1. The van der Waals surface area contributed by atoms with Gasteiger partial charge in [-0.15, -0.1) is 0 Å². The SMILES string of the molecule is Cc1cc(C)c(NC(=O)C[NH+](C)[C@@H](C)C(=O)Nc2ccccc2[N+](=O)[O-])c(C)c1. The number of para-hydroxylation sites is 2. The molecule has 8 heteroatoms. The molecule has 154 valence electrons. The largest absolute Gasteiger partial charge is 0.321 e. The molecule has 3 N–H and O–H groups in total. The minimum Gasteiger partial charge on any atom is -0.321 e. The molecule has 2 rings (SSSR count). The summed E-state index contributed by atoms with van der Waals surface area (Å²) < 4.78 is 0. The molecule has 2 atom stereocenters. The van der Waals surface area contributed by atoms with E-state index < -0.39 is 16.9 Å². The van der Waals surface area contributed by atoms with E-state index in [0.717, 1.165) is 22.4 Å². The predicted molar refractivity (Wildman–Crippen MR) is 112 cm³/mol. The van der Waals surface area contributed by atoms with Crippen molar-refractivity contribution in [3.8, 4) is 0 Å². The van der Waals surface area contributed by atoms with E-state index in [-0.39, 0.29) is 23.8 Å². The van der Waals surface area contributed by atoms with Crippen molar-refractivity contribution in [1.29, 1.82) is 0 Å². The average molecular weight is 399 g/mol. The van der Waals surface area contributed by atoms with E-state index in [2.05, 4.69) is 10.6 Å². The highest BCUT2D eigenvalue weighted by molar-refractivity contribution is 5.96. The third kappa shape index (κ3) is 5.61. The molecule has 0 radical (unpaired) electrons. The van der Waals surface area contributed by atoms with Gasteiger partial charge in [-0.25, -0.2) is 0 Å². The number of anilines is 2. The summed E-state index contributed by atoms with van der Waals surface area (Å²) in [5, 5.41) is 16.6. The Bertz CT molecular complexity index is 919. The fourth-order valence-electron chi connectivity index (χ4n) is 3.17.